The maximum Gasteiger partial charge on any atom is 0.485 e. The molecule has 0 heterocycles. The molecule has 246 valence electrons. The number of halogens is 3. The van der Waals surface area contributed by atoms with Gasteiger partial charge in [0.05, 0.1) is 6.10 Å². The van der Waals surface area contributed by atoms with Crippen LogP contribution in [0.15, 0.2) is 0 Å². The molecule has 0 bridgehead atoms. The van der Waals surface area contributed by atoms with E-state index < -0.39 is 40.6 Å². The van der Waals surface area contributed by atoms with Gasteiger partial charge < -0.3 is 13.4 Å². The maximum atomic E-state index is 10.7. The molecule has 1 rings (SSSR count). The predicted octanol–water partition coefficient (Wildman–Crippen LogP) is 9.58. The van der Waals surface area contributed by atoms with Crippen molar-refractivity contribution in [3.63, 3.8) is 0 Å². The minimum absolute atomic E-state index is 0.123. The first-order valence-corrected chi connectivity index (χ1v) is 24.2. The molecule has 0 aliphatic heterocycles. The van der Waals surface area contributed by atoms with Crippen molar-refractivity contribution < 1.29 is 39.4 Å². The van der Waals surface area contributed by atoms with Crippen LogP contribution in [0.1, 0.15) is 95.9 Å². The van der Waals surface area contributed by atoms with Gasteiger partial charge in [0.1, 0.15) is 6.10 Å². The third-order valence-electron chi connectivity index (χ3n) is 8.56. The minimum Gasteiger partial charge on any atom is -0.741 e. The molecule has 0 spiro atoms. The monoisotopic (exact) mass is 664 g/mol. The molecule has 0 N–H and O–H groups in total. The molecule has 0 unspecified atom stereocenters. The van der Waals surface area contributed by atoms with Gasteiger partial charge in [0.2, 0.25) is 14.9 Å². The number of alkyl halides is 3. The van der Waals surface area contributed by atoms with E-state index in [0.29, 0.717) is 39.2 Å². The fraction of sp³-hybridized carbons (Fsp3) is 0.964. The van der Waals surface area contributed by atoms with Crippen LogP contribution < -0.4 is 0 Å². The van der Waals surface area contributed by atoms with Crippen molar-refractivity contribution in [1.82, 2.24) is 0 Å². The molecule has 0 amide bonds. The molecule has 3 atom stereocenters. The van der Waals surface area contributed by atoms with Crippen LogP contribution in [-0.4, -0.2) is 55.6 Å². The van der Waals surface area contributed by atoms with Crippen LogP contribution in [-0.2, 0) is 23.4 Å². The summed E-state index contributed by atoms with van der Waals surface area (Å²) < 4.78 is 80.1. The average molecular weight is 665 g/mol. The molecule has 0 aromatic rings. The Morgan fingerprint density at radius 2 is 1.05 bits per heavy atom. The number of hydrogen-bond acceptors (Lipinski definition) is 6. The molecule has 41 heavy (non-hydrogen) atoms. The highest BCUT2D eigenvalue weighted by Crippen LogP contribution is 2.48. The Labute approximate surface area is 253 Å². The third kappa shape index (κ3) is 10.6. The third-order valence-corrected chi connectivity index (χ3v) is 22.2. The number of hydrogen-bond donors (Lipinski definition) is 0. The lowest BCUT2D eigenvalue weighted by molar-refractivity contribution is -0.0517. The lowest BCUT2D eigenvalue weighted by atomic mass is 10.1. The van der Waals surface area contributed by atoms with E-state index >= 15 is 0 Å². The fourth-order valence-electron chi connectivity index (χ4n) is 7.09. The first-order valence-electron chi connectivity index (χ1n) is 15.1. The summed E-state index contributed by atoms with van der Waals surface area (Å²) in [5.41, 5.74) is -2.12. The van der Waals surface area contributed by atoms with Crippen LogP contribution in [0.4, 0.5) is 13.2 Å². The summed E-state index contributed by atoms with van der Waals surface area (Å²) in [7, 11) is -11.7. The van der Waals surface area contributed by atoms with Gasteiger partial charge in [-0.1, -0.05) is 83.1 Å². The lowest BCUT2D eigenvalue weighted by Gasteiger charge is -2.45. The average Bonchev–Trinajstić information content (AvgIpc) is 3.09. The molecule has 1 aliphatic carbocycles. The molecule has 6 nitrogen and oxygen atoms in total. The van der Waals surface area contributed by atoms with E-state index in [1.807, 2.05) is 0 Å². The van der Waals surface area contributed by atoms with Gasteiger partial charge in [-0.25, -0.2) is 12.8 Å². The largest absolute Gasteiger partial charge is 0.741 e. The molecule has 1 fully saturated rings. The van der Waals surface area contributed by atoms with Gasteiger partial charge >= 0.3 is 5.51 Å². The van der Waals surface area contributed by atoms with Crippen LogP contribution in [0.5, 0.6) is 0 Å². The quantitative estimate of drug-likeness (QED) is 0.0844. The maximum absolute atomic E-state index is 10.7. The molecule has 0 radical (unpaired) electrons. The highest BCUT2D eigenvalue weighted by atomic mass is 32.2. The van der Waals surface area contributed by atoms with E-state index in [4.69, 9.17) is 26.2 Å². The van der Waals surface area contributed by atoms with E-state index in [2.05, 4.69) is 109 Å². The molecule has 1 saturated carbocycles. The summed E-state index contributed by atoms with van der Waals surface area (Å²) in [5, 5.41) is 0. The van der Waals surface area contributed by atoms with Gasteiger partial charge in [-0.15, -0.1) is 0 Å². The fourth-order valence-corrected chi connectivity index (χ4v) is 19.1. The molecule has 13 heteroatoms. The van der Waals surface area contributed by atoms with Crippen LogP contribution in [0.25, 0.3) is 0 Å². The lowest BCUT2D eigenvalue weighted by Crippen LogP contribution is -2.53. The Morgan fingerprint density at radius 3 is 1.32 bits per heavy atom. The topological polar surface area (TPSA) is 84.9 Å². The van der Waals surface area contributed by atoms with Crippen molar-refractivity contribution in [1.29, 1.82) is 0 Å². The van der Waals surface area contributed by atoms with Crippen molar-refractivity contribution in [2.45, 2.75) is 167 Å². The van der Waals surface area contributed by atoms with Gasteiger partial charge in [0.25, 0.3) is 8.32 Å². The van der Waals surface area contributed by atoms with E-state index in [1.54, 1.807) is 0 Å². The summed E-state index contributed by atoms with van der Waals surface area (Å²) in [6, 6.07) is 0. The van der Waals surface area contributed by atoms with Crippen molar-refractivity contribution in [3.8, 4) is 0 Å². The molecule has 0 aromatic heterocycles. The van der Waals surface area contributed by atoms with Gasteiger partial charge in [-0.2, -0.15) is 13.2 Å². The van der Waals surface area contributed by atoms with Gasteiger partial charge in [0, 0.05) is 0 Å². The second-order valence-electron chi connectivity index (χ2n) is 14.4. The highest BCUT2D eigenvalue weighted by molar-refractivity contribution is 7.86. The van der Waals surface area contributed by atoms with E-state index in [1.165, 1.54) is 0 Å². The summed E-state index contributed by atoms with van der Waals surface area (Å²) in [6.45, 7) is 37.7. The minimum atomic E-state index is -6.09. The Balaban J connectivity index is 0.00000173. The summed E-state index contributed by atoms with van der Waals surface area (Å²) >= 11 is 0. The van der Waals surface area contributed by atoms with Gasteiger partial charge in [-0.05, 0) is 65.7 Å². The standard InChI is InChI=1S/C27H59O3Si3.CHF3O3S/c1-19(2)32(20(3)4,21(5)6)28-18-25-16-17-26(27(25)30-31(13,14)15)29-33(22(7)8,23(9)10)24(11)12;2-1(3,4)8(5,6)7/h18-27H,16-17H2,1-15H3;(H,5,6,7)/q+1;/p-1/t25-,26+,27+;/m0./s1. The van der Waals surface area contributed by atoms with Crippen molar-refractivity contribution in [2.24, 2.45) is 5.92 Å². The van der Waals surface area contributed by atoms with E-state index in [-0.39, 0.29) is 12.2 Å². The zero-order valence-corrected chi connectivity index (χ0v) is 32.0. The second-order valence-corrected chi connectivity index (χ2v) is 31.0. The Hall–Kier alpha value is 0.101. The van der Waals surface area contributed by atoms with Crippen LogP contribution >= 0.6 is 0 Å². The zero-order chi connectivity index (χ0) is 32.9. The smallest absolute Gasteiger partial charge is 0.485 e. The highest BCUT2D eigenvalue weighted by Gasteiger charge is 2.55. The first-order chi connectivity index (χ1) is 18.2. The Bertz CT molecular complexity index is 844. The van der Waals surface area contributed by atoms with Gasteiger partial charge in [-0.3, -0.25) is 0 Å². The zero-order valence-electron chi connectivity index (χ0n) is 28.2. The van der Waals surface area contributed by atoms with Crippen LogP contribution in [0, 0.1) is 12.5 Å². The first kappa shape index (κ1) is 41.1. The van der Waals surface area contributed by atoms with Crippen molar-refractivity contribution in [3.05, 3.63) is 6.61 Å². The van der Waals surface area contributed by atoms with Crippen LogP contribution in [0.3, 0.4) is 0 Å². The molecular weight excluding hydrogens is 606 g/mol. The van der Waals surface area contributed by atoms with E-state index in [9.17, 15) is 13.2 Å². The van der Waals surface area contributed by atoms with Crippen LogP contribution in [0.2, 0.25) is 52.9 Å². The molecule has 1 aliphatic rings. The van der Waals surface area contributed by atoms with Crippen molar-refractivity contribution >= 4 is 35.1 Å². The SMILES string of the molecule is CC(C)[Si](O[CH+][C@@H]1CC[C@@H](O[Si](C(C)C)(C(C)C)C(C)C)[C@@H]1O[Si](C)(C)C)(C(C)C)C(C)C.O=S(=O)([O-])C(F)(F)F. The normalized spacial score (nSPS) is 21.4. The molecule has 0 aromatic carbocycles. The second kappa shape index (κ2) is 15.4. The summed E-state index contributed by atoms with van der Waals surface area (Å²) in [4.78, 5) is 0. The van der Waals surface area contributed by atoms with Crippen molar-refractivity contribution in [2.75, 3.05) is 0 Å². The van der Waals surface area contributed by atoms with E-state index in [0.717, 1.165) is 12.8 Å². The molecular formula is C28H59F3O6SSi3. The molecule has 0 saturated heterocycles. The number of rotatable bonds is 13. The van der Waals surface area contributed by atoms with Gasteiger partial charge in [0.15, 0.2) is 24.4 Å². The Kier molecular flexibility index (Phi) is 15.4. The Morgan fingerprint density at radius 1 is 0.707 bits per heavy atom. The summed E-state index contributed by atoms with van der Waals surface area (Å²) in [5.74, 6) is 0.322. The predicted molar refractivity (Wildman–Crippen MR) is 169 cm³/mol. The summed E-state index contributed by atoms with van der Waals surface area (Å²) in [6.07, 6.45) is 2.50.